The van der Waals surface area contributed by atoms with Crippen molar-refractivity contribution < 1.29 is 25.2 Å². The Labute approximate surface area is 348 Å². The maximum Gasteiger partial charge on any atom is 0.249 e. The molecular formula is C50H97NO5. The highest BCUT2D eigenvalue weighted by atomic mass is 16.3. The maximum absolute atomic E-state index is 12.4. The topological polar surface area (TPSA) is 110 Å². The normalized spacial score (nSPS) is 14.2. The third-order valence-corrected chi connectivity index (χ3v) is 11.7. The Hall–Kier alpha value is -1.21. The van der Waals surface area contributed by atoms with Crippen molar-refractivity contribution in [2.45, 2.75) is 282 Å². The molecule has 0 fully saturated rings. The van der Waals surface area contributed by atoms with E-state index in [1.54, 1.807) is 0 Å². The van der Waals surface area contributed by atoms with E-state index in [9.17, 15) is 25.2 Å². The molecular weight excluding hydrogens is 695 g/mol. The molecule has 56 heavy (non-hydrogen) atoms. The minimum Gasteiger partial charge on any atom is -0.394 e. The molecule has 0 aromatic carbocycles. The Morgan fingerprint density at radius 2 is 0.768 bits per heavy atom. The first kappa shape index (κ1) is 54.8. The lowest BCUT2D eigenvalue weighted by atomic mass is 9.99. The second-order valence-corrected chi connectivity index (χ2v) is 17.2. The summed E-state index contributed by atoms with van der Waals surface area (Å²) in [6, 6.07) is -0.980. The number of carbonyl (C=O) groups excluding carboxylic acids is 1. The first-order valence-electron chi connectivity index (χ1n) is 24.7. The summed E-state index contributed by atoms with van der Waals surface area (Å²) in [5.41, 5.74) is 0. The van der Waals surface area contributed by atoms with Crippen LogP contribution in [0.5, 0.6) is 0 Å². The summed E-state index contributed by atoms with van der Waals surface area (Å²) < 4.78 is 0. The lowest BCUT2D eigenvalue weighted by molar-refractivity contribution is -0.132. The van der Waals surface area contributed by atoms with Crippen molar-refractivity contribution in [3.63, 3.8) is 0 Å². The molecule has 0 aliphatic carbocycles. The van der Waals surface area contributed by atoms with E-state index in [0.717, 1.165) is 44.9 Å². The van der Waals surface area contributed by atoms with Gasteiger partial charge in [-0.3, -0.25) is 4.79 Å². The van der Waals surface area contributed by atoms with Crippen LogP contribution in [0.25, 0.3) is 0 Å². The fourth-order valence-electron chi connectivity index (χ4n) is 7.73. The molecule has 0 bridgehead atoms. The van der Waals surface area contributed by atoms with Crippen LogP contribution in [0.2, 0.25) is 0 Å². The summed E-state index contributed by atoms with van der Waals surface area (Å²) in [4.78, 5) is 12.4. The van der Waals surface area contributed by atoms with Gasteiger partial charge in [-0.25, -0.2) is 0 Å². The molecule has 5 N–H and O–H groups in total. The highest BCUT2D eigenvalue weighted by Gasteiger charge is 2.28. The van der Waals surface area contributed by atoms with Crippen molar-refractivity contribution in [3.8, 4) is 0 Å². The van der Waals surface area contributed by atoms with Gasteiger partial charge in [0.05, 0.1) is 18.8 Å². The van der Waals surface area contributed by atoms with Gasteiger partial charge in [0, 0.05) is 0 Å². The van der Waals surface area contributed by atoms with Crippen LogP contribution in [0.3, 0.4) is 0 Å². The summed E-state index contributed by atoms with van der Waals surface area (Å²) in [5.74, 6) is -0.586. The van der Waals surface area contributed by atoms with Crippen LogP contribution in [-0.2, 0) is 4.79 Å². The second kappa shape index (κ2) is 44.9. The highest BCUT2D eigenvalue weighted by molar-refractivity contribution is 5.80. The average molecular weight is 792 g/mol. The minimum absolute atomic E-state index is 0.370. The highest BCUT2D eigenvalue weighted by Crippen LogP contribution is 2.17. The molecule has 0 aromatic heterocycles. The van der Waals surface area contributed by atoms with Crippen LogP contribution in [0.15, 0.2) is 24.3 Å². The molecule has 6 heteroatoms. The van der Waals surface area contributed by atoms with Crippen molar-refractivity contribution in [2.24, 2.45) is 0 Å². The van der Waals surface area contributed by atoms with E-state index in [4.69, 9.17) is 0 Å². The van der Waals surface area contributed by atoms with Gasteiger partial charge in [-0.1, -0.05) is 237 Å². The lowest BCUT2D eigenvalue weighted by Gasteiger charge is -2.27. The summed E-state index contributed by atoms with van der Waals surface area (Å²) in [5, 5.41) is 43.3. The Bertz CT molecular complexity index is 847. The van der Waals surface area contributed by atoms with Crippen molar-refractivity contribution >= 4 is 5.91 Å². The predicted molar refractivity (Wildman–Crippen MR) is 242 cm³/mol. The van der Waals surface area contributed by atoms with E-state index in [2.05, 4.69) is 43.5 Å². The monoisotopic (exact) mass is 792 g/mol. The number of amides is 1. The zero-order valence-corrected chi connectivity index (χ0v) is 37.4. The molecule has 4 unspecified atom stereocenters. The van der Waals surface area contributed by atoms with E-state index in [1.165, 1.54) is 186 Å². The van der Waals surface area contributed by atoms with Gasteiger partial charge in [-0.15, -0.1) is 0 Å². The Morgan fingerprint density at radius 3 is 1.12 bits per heavy atom. The van der Waals surface area contributed by atoms with Crippen LogP contribution in [0.4, 0.5) is 0 Å². The van der Waals surface area contributed by atoms with Gasteiger partial charge in [-0.2, -0.15) is 0 Å². The SMILES string of the molecule is CCCCCCCCCCCCC/C=C\C/C=C\CCCCCCCCCCCCCCCCCCC(O)C(=O)NC(CO)C(O)C(O)CCCCCCCC. The number of allylic oxidation sites excluding steroid dienone is 4. The number of nitrogens with one attached hydrogen (secondary N) is 1. The van der Waals surface area contributed by atoms with Crippen molar-refractivity contribution in [1.82, 2.24) is 5.32 Å². The third kappa shape index (κ3) is 38.3. The standard InChI is InChI=1S/C50H97NO5/c1-3-5-7-9-11-12-13-14-15-16-17-18-19-20-21-22-23-24-25-26-27-28-29-30-31-32-33-34-35-36-37-38-40-42-44-48(54)50(56)51-46(45-52)49(55)47(53)43-41-39-10-8-6-4-2/h19-20,22-23,46-49,52-55H,3-18,21,24-45H2,1-2H3,(H,51,56)/b20-19-,23-22-. The van der Waals surface area contributed by atoms with Crippen LogP contribution < -0.4 is 5.32 Å². The van der Waals surface area contributed by atoms with Crippen LogP contribution in [-0.4, -0.2) is 57.3 Å². The third-order valence-electron chi connectivity index (χ3n) is 11.7. The molecule has 1 amide bonds. The van der Waals surface area contributed by atoms with Crippen LogP contribution in [0, 0.1) is 0 Å². The molecule has 0 spiro atoms. The molecule has 0 saturated heterocycles. The fourth-order valence-corrected chi connectivity index (χ4v) is 7.73. The van der Waals surface area contributed by atoms with E-state index in [0.29, 0.717) is 12.8 Å². The van der Waals surface area contributed by atoms with Gasteiger partial charge in [-0.05, 0) is 44.9 Å². The number of aliphatic hydroxyl groups is 4. The van der Waals surface area contributed by atoms with Gasteiger partial charge in [0.25, 0.3) is 0 Å². The number of aliphatic hydroxyl groups excluding tert-OH is 4. The fraction of sp³-hybridized carbons (Fsp3) is 0.900. The predicted octanol–water partition coefficient (Wildman–Crippen LogP) is 13.5. The zero-order valence-electron chi connectivity index (χ0n) is 37.4. The summed E-state index contributed by atoms with van der Waals surface area (Å²) in [6.45, 7) is 3.98. The van der Waals surface area contributed by atoms with E-state index in [1.807, 2.05) is 0 Å². The summed E-state index contributed by atoms with van der Waals surface area (Å²) in [6.07, 6.45) is 52.9. The Balaban J connectivity index is 3.49. The molecule has 332 valence electrons. The van der Waals surface area contributed by atoms with Crippen molar-refractivity contribution in [3.05, 3.63) is 24.3 Å². The number of rotatable bonds is 45. The van der Waals surface area contributed by atoms with Crippen molar-refractivity contribution in [2.75, 3.05) is 6.61 Å². The first-order chi connectivity index (χ1) is 27.5. The van der Waals surface area contributed by atoms with Gasteiger partial charge < -0.3 is 25.7 Å². The Morgan fingerprint density at radius 1 is 0.446 bits per heavy atom. The summed E-state index contributed by atoms with van der Waals surface area (Å²) >= 11 is 0. The number of unbranched alkanes of at least 4 members (excludes halogenated alkanes) is 32. The zero-order chi connectivity index (χ0) is 41.0. The molecule has 0 aliphatic heterocycles. The molecule has 0 heterocycles. The second-order valence-electron chi connectivity index (χ2n) is 17.2. The summed E-state index contributed by atoms with van der Waals surface area (Å²) in [7, 11) is 0. The average Bonchev–Trinajstić information content (AvgIpc) is 3.20. The molecule has 0 aliphatic rings. The molecule has 6 nitrogen and oxygen atoms in total. The van der Waals surface area contributed by atoms with E-state index < -0.39 is 36.9 Å². The molecule has 0 aromatic rings. The molecule has 0 radical (unpaired) electrons. The number of hydrogen-bond donors (Lipinski definition) is 5. The van der Waals surface area contributed by atoms with Crippen LogP contribution >= 0.6 is 0 Å². The molecule has 0 saturated carbocycles. The molecule has 4 atom stereocenters. The smallest absolute Gasteiger partial charge is 0.249 e. The largest absolute Gasteiger partial charge is 0.394 e. The van der Waals surface area contributed by atoms with Crippen molar-refractivity contribution in [1.29, 1.82) is 0 Å². The maximum atomic E-state index is 12.4. The number of carbonyl (C=O) groups is 1. The lowest BCUT2D eigenvalue weighted by Crippen LogP contribution is -2.53. The molecule has 0 rings (SSSR count). The van der Waals surface area contributed by atoms with E-state index >= 15 is 0 Å². The van der Waals surface area contributed by atoms with Gasteiger partial charge in [0.2, 0.25) is 5.91 Å². The van der Waals surface area contributed by atoms with E-state index in [-0.39, 0.29) is 0 Å². The van der Waals surface area contributed by atoms with Crippen LogP contribution in [0.1, 0.15) is 258 Å². The van der Waals surface area contributed by atoms with Gasteiger partial charge in [0.15, 0.2) is 0 Å². The number of hydrogen-bond acceptors (Lipinski definition) is 5. The van der Waals surface area contributed by atoms with Gasteiger partial charge in [0.1, 0.15) is 12.2 Å². The quantitative estimate of drug-likeness (QED) is 0.0312. The minimum atomic E-state index is -1.25. The van der Waals surface area contributed by atoms with Gasteiger partial charge >= 0.3 is 0 Å². The first-order valence-corrected chi connectivity index (χ1v) is 24.7. The Kier molecular flexibility index (Phi) is 43.9.